The molecule has 2 unspecified atom stereocenters. The van der Waals surface area contributed by atoms with Gasteiger partial charge in [0.25, 0.3) is 0 Å². The highest BCUT2D eigenvalue weighted by Gasteiger charge is 2.37. The topological polar surface area (TPSA) is 46.2 Å². The molecule has 0 aliphatic carbocycles. The van der Waals surface area contributed by atoms with Gasteiger partial charge in [0, 0.05) is 17.0 Å². The van der Waals surface area contributed by atoms with Crippen molar-refractivity contribution in [3.8, 4) is 0 Å². The molecule has 0 amide bonds. The number of rotatable bonds is 9. The van der Waals surface area contributed by atoms with Crippen molar-refractivity contribution in [1.29, 1.82) is 0 Å². The van der Waals surface area contributed by atoms with Crippen LogP contribution >= 0.6 is 11.6 Å². The van der Waals surface area contributed by atoms with Crippen LogP contribution in [0.15, 0.2) is 84.9 Å². The Morgan fingerprint density at radius 3 is 1.97 bits per heavy atom. The van der Waals surface area contributed by atoms with Crippen LogP contribution in [0, 0.1) is 0 Å². The molecule has 0 saturated heterocycles. The second-order valence-electron chi connectivity index (χ2n) is 8.68. The van der Waals surface area contributed by atoms with Gasteiger partial charge in [-0.1, -0.05) is 84.4 Å². The van der Waals surface area contributed by atoms with Crippen LogP contribution < -0.4 is 4.72 Å². The first kappa shape index (κ1) is 23.5. The van der Waals surface area contributed by atoms with Gasteiger partial charge in [-0.3, -0.25) is 0 Å². The number of halogens is 1. The summed E-state index contributed by atoms with van der Waals surface area (Å²) in [6.07, 6.45) is 1.16. The highest BCUT2D eigenvalue weighted by Crippen LogP contribution is 2.28. The van der Waals surface area contributed by atoms with Gasteiger partial charge in [0.1, 0.15) is 0 Å². The van der Waals surface area contributed by atoms with Gasteiger partial charge >= 0.3 is 0 Å². The summed E-state index contributed by atoms with van der Waals surface area (Å²) in [5, 5.41) is 0.691. The van der Waals surface area contributed by atoms with Crippen LogP contribution in [-0.4, -0.2) is 19.2 Å². The third kappa shape index (κ3) is 6.19. The molecule has 3 rings (SSSR count). The first-order chi connectivity index (χ1) is 14.7. The normalized spacial score (nSPS) is 14.2. The molecule has 0 fully saturated rings. The van der Waals surface area contributed by atoms with Crippen molar-refractivity contribution in [2.24, 2.45) is 0 Å². The van der Waals surface area contributed by atoms with Crippen molar-refractivity contribution >= 4 is 21.6 Å². The largest absolute Gasteiger partial charge is 0.217 e. The van der Waals surface area contributed by atoms with Gasteiger partial charge in [-0.2, -0.15) is 0 Å². The molecule has 0 bridgehead atoms. The molecule has 31 heavy (non-hydrogen) atoms. The van der Waals surface area contributed by atoms with Gasteiger partial charge in [0.05, 0.1) is 4.75 Å². The fourth-order valence-electron chi connectivity index (χ4n) is 3.83. The Hall–Kier alpha value is -2.14. The fourth-order valence-corrected chi connectivity index (χ4v) is 5.28. The van der Waals surface area contributed by atoms with E-state index in [9.17, 15) is 8.42 Å². The summed E-state index contributed by atoms with van der Waals surface area (Å²) in [5.74, 6) is -0.00956. The summed E-state index contributed by atoms with van der Waals surface area (Å²) in [6.45, 7) is 5.52. The standard InChI is InChI=1S/C26H30ClNO2S/c1-20(28-31(29,30)26(2,3)19-22-10-6-4-7-11-22)25(23-12-8-5-9-13-23)18-21-14-16-24(27)17-15-21/h4-17,20,25,28H,18-19H2,1-3H3. The van der Waals surface area contributed by atoms with Crippen LogP contribution in [0.4, 0.5) is 0 Å². The van der Waals surface area contributed by atoms with Crippen LogP contribution in [0.1, 0.15) is 43.4 Å². The van der Waals surface area contributed by atoms with E-state index in [1.807, 2.05) is 79.7 Å². The third-order valence-corrected chi connectivity index (χ3v) is 8.27. The molecule has 0 aliphatic rings. The predicted octanol–water partition coefficient (Wildman–Crippen LogP) is 6.00. The summed E-state index contributed by atoms with van der Waals surface area (Å²) >= 11 is 6.04. The second kappa shape index (κ2) is 9.99. The quantitative estimate of drug-likeness (QED) is 0.430. The van der Waals surface area contributed by atoms with Crippen molar-refractivity contribution in [3.63, 3.8) is 0 Å². The lowest BCUT2D eigenvalue weighted by Gasteiger charge is -2.31. The maximum absolute atomic E-state index is 13.4. The smallest absolute Gasteiger partial charge is 0.212 e. The zero-order valence-corrected chi connectivity index (χ0v) is 19.8. The van der Waals surface area contributed by atoms with E-state index in [2.05, 4.69) is 16.9 Å². The molecule has 1 N–H and O–H groups in total. The Morgan fingerprint density at radius 1 is 0.839 bits per heavy atom. The van der Waals surface area contributed by atoms with Crippen molar-refractivity contribution in [1.82, 2.24) is 4.72 Å². The predicted molar refractivity (Wildman–Crippen MR) is 130 cm³/mol. The van der Waals surface area contributed by atoms with Gasteiger partial charge in [-0.15, -0.1) is 0 Å². The lowest BCUT2D eigenvalue weighted by Crippen LogP contribution is -2.48. The van der Waals surface area contributed by atoms with Crippen LogP contribution in [-0.2, 0) is 22.9 Å². The molecular weight excluding hydrogens is 426 g/mol. The Bertz CT molecular complexity index is 1070. The van der Waals surface area contributed by atoms with E-state index in [-0.39, 0.29) is 12.0 Å². The molecule has 3 aromatic carbocycles. The van der Waals surface area contributed by atoms with E-state index in [4.69, 9.17) is 11.6 Å². The molecule has 3 aromatic rings. The van der Waals surface area contributed by atoms with Crippen molar-refractivity contribution in [2.45, 2.75) is 50.3 Å². The average Bonchev–Trinajstić information content (AvgIpc) is 2.74. The first-order valence-corrected chi connectivity index (χ1v) is 12.4. The Kier molecular flexibility index (Phi) is 7.58. The van der Waals surface area contributed by atoms with Crippen molar-refractivity contribution < 1.29 is 8.42 Å². The number of hydrogen-bond acceptors (Lipinski definition) is 2. The van der Waals surface area contributed by atoms with E-state index in [1.54, 1.807) is 13.8 Å². The lowest BCUT2D eigenvalue weighted by molar-refractivity contribution is 0.480. The SMILES string of the molecule is CC(NS(=O)(=O)C(C)(C)Cc1ccccc1)C(Cc1ccc(Cl)cc1)c1ccccc1. The monoisotopic (exact) mass is 455 g/mol. The third-order valence-electron chi connectivity index (χ3n) is 5.74. The van der Waals surface area contributed by atoms with E-state index in [0.717, 1.165) is 16.7 Å². The maximum Gasteiger partial charge on any atom is 0.217 e. The minimum atomic E-state index is -3.58. The Balaban J connectivity index is 1.83. The summed E-state index contributed by atoms with van der Waals surface area (Å²) < 4.78 is 28.8. The number of sulfonamides is 1. The van der Waals surface area contributed by atoms with Gasteiger partial charge in [0.15, 0.2) is 0 Å². The van der Waals surface area contributed by atoms with E-state index in [0.29, 0.717) is 17.9 Å². The summed E-state index contributed by atoms with van der Waals surface area (Å²) in [5.41, 5.74) is 3.23. The Morgan fingerprint density at radius 2 is 1.39 bits per heavy atom. The minimum Gasteiger partial charge on any atom is -0.212 e. The molecule has 0 aromatic heterocycles. The van der Waals surface area contributed by atoms with Gasteiger partial charge in [-0.05, 0) is 62.4 Å². The second-order valence-corrected chi connectivity index (χ2v) is 11.5. The van der Waals surface area contributed by atoms with E-state index < -0.39 is 14.8 Å². The maximum atomic E-state index is 13.4. The lowest BCUT2D eigenvalue weighted by atomic mass is 9.87. The van der Waals surface area contributed by atoms with Crippen LogP contribution in [0.25, 0.3) is 0 Å². The van der Waals surface area contributed by atoms with Crippen molar-refractivity contribution in [2.75, 3.05) is 0 Å². The van der Waals surface area contributed by atoms with Crippen LogP contribution in [0.3, 0.4) is 0 Å². The minimum absolute atomic E-state index is 0.00956. The molecule has 3 nitrogen and oxygen atoms in total. The molecule has 0 heterocycles. The first-order valence-electron chi connectivity index (χ1n) is 10.5. The summed E-state index contributed by atoms with van der Waals surface area (Å²) in [6, 6.07) is 27.3. The molecule has 2 atom stereocenters. The molecule has 5 heteroatoms. The number of benzene rings is 3. The zero-order valence-electron chi connectivity index (χ0n) is 18.3. The highest BCUT2D eigenvalue weighted by atomic mass is 35.5. The zero-order chi connectivity index (χ0) is 22.5. The fraction of sp³-hybridized carbons (Fsp3) is 0.308. The van der Waals surface area contributed by atoms with Crippen LogP contribution in [0.2, 0.25) is 5.02 Å². The summed E-state index contributed by atoms with van der Waals surface area (Å²) in [7, 11) is -3.58. The molecule has 0 aliphatic heterocycles. The van der Waals surface area contributed by atoms with Gasteiger partial charge < -0.3 is 0 Å². The Labute approximate surface area is 191 Å². The number of hydrogen-bond donors (Lipinski definition) is 1. The average molecular weight is 456 g/mol. The van der Waals surface area contributed by atoms with E-state index >= 15 is 0 Å². The van der Waals surface area contributed by atoms with Crippen molar-refractivity contribution in [3.05, 3.63) is 107 Å². The van der Waals surface area contributed by atoms with Gasteiger partial charge in [-0.25, -0.2) is 13.1 Å². The summed E-state index contributed by atoms with van der Waals surface area (Å²) in [4.78, 5) is 0. The molecular formula is C26H30ClNO2S. The van der Waals surface area contributed by atoms with Gasteiger partial charge in [0.2, 0.25) is 10.0 Å². The molecule has 164 valence electrons. The van der Waals surface area contributed by atoms with E-state index in [1.165, 1.54) is 0 Å². The molecule has 0 saturated carbocycles. The molecule has 0 spiro atoms. The number of nitrogens with one attached hydrogen (secondary N) is 1. The highest BCUT2D eigenvalue weighted by molar-refractivity contribution is 7.90. The molecule has 0 radical (unpaired) electrons. The van der Waals surface area contributed by atoms with Crippen LogP contribution in [0.5, 0.6) is 0 Å².